The summed E-state index contributed by atoms with van der Waals surface area (Å²) in [5.74, 6) is -0.851. The first kappa shape index (κ1) is 48.3. The number of rotatable bonds is 9. The Morgan fingerprint density at radius 1 is 0.535 bits per heavy atom. The fourth-order valence-electron chi connectivity index (χ4n) is 9.66. The maximum absolute atomic E-state index is 12.6. The zero-order chi connectivity index (χ0) is 51.7. The van der Waals surface area contributed by atoms with Crippen molar-refractivity contribution in [3.05, 3.63) is 192 Å². The molecule has 0 fully saturated rings. The van der Waals surface area contributed by atoms with E-state index in [4.69, 9.17) is 11.3 Å². The van der Waals surface area contributed by atoms with Crippen LogP contribution < -0.4 is 0 Å². The molecule has 0 aliphatic rings. The Hall–Kier alpha value is -6.35. The molecule has 0 aliphatic carbocycles. The van der Waals surface area contributed by atoms with Gasteiger partial charge in [0, 0.05) is 46.9 Å². The van der Waals surface area contributed by atoms with Crippen LogP contribution in [0.2, 0.25) is 0 Å². The summed E-state index contributed by atoms with van der Waals surface area (Å²) in [6, 6.07) is 56.6. The van der Waals surface area contributed by atoms with Gasteiger partial charge in [-0.05, 0) is 108 Å². The molecule has 0 bridgehead atoms. The van der Waals surface area contributed by atoms with E-state index in [0.717, 1.165) is 94.7 Å². The summed E-state index contributed by atoms with van der Waals surface area (Å²) in [6.07, 6.45) is 1.85. The second kappa shape index (κ2) is 19.7. The molecule has 5 heteroatoms. The van der Waals surface area contributed by atoms with E-state index in [1.807, 2.05) is 58.2 Å². The number of aromatic hydroxyl groups is 1. The minimum atomic E-state index is -0.970. The predicted octanol–water partition coefficient (Wildman–Crippen LogP) is 18.1. The zero-order valence-corrected chi connectivity index (χ0v) is 45.9. The Morgan fingerprint density at radius 2 is 1.18 bits per heavy atom. The number of para-hydroxylation sites is 1. The third kappa shape index (κ3) is 10.2. The van der Waals surface area contributed by atoms with Crippen molar-refractivity contribution in [2.24, 2.45) is 0 Å². The molecule has 1 N–H and O–H groups in total. The molecule has 4 nitrogen and oxygen atoms in total. The van der Waals surface area contributed by atoms with E-state index in [-0.39, 0.29) is 43.1 Å². The van der Waals surface area contributed by atoms with Crippen LogP contribution in [0.3, 0.4) is 0 Å². The summed E-state index contributed by atoms with van der Waals surface area (Å²) < 4.78 is 20.4. The SMILES string of the molecule is [2H]C(C)(C)c1ccc(-c2ccnc(-c3[c-]c(-c4cccc5c4nc(-c4cc(C(C)(C)C)cc(C(C)(C)C)c4O)n5-c4ccc(-c5ccccc5C(C)(C)C)c(C([2H])(C)C)c4)cc(-c4ccccc4)c3)c2)cc1.[Pt]. The standard InChI is InChI=1S/C66H68N3O.Pt/c1-41(2)43-26-28-45(29-27-43)46-32-33-67-59(37-46)49-35-47(44-20-15-14-16-21-44)34-48(36-49)52-23-19-25-60-61(52)68-63(56-38-50(64(5,6)7)39-58(62(56)70)66(11,12)13)69(60)51-30-31-53(55(40-51)42(3)4)54-22-17-18-24-57(54)65(8,9)10;/h14-35,37-42,70H,1-13H3;/q-1;/i41D,42D;. The first-order valence-electron chi connectivity index (χ1n) is 25.6. The topological polar surface area (TPSA) is 50.9 Å². The molecule has 0 atom stereocenters. The number of hydrogen-bond acceptors (Lipinski definition) is 3. The monoisotopic (exact) mass is 1120 g/mol. The molecular weight excluding hydrogens is 1050 g/mol. The third-order valence-corrected chi connectivity index (χ3v) is 13.6. The minimum absolute atomic E-state index is 0. The Morgan fingerprint density at radius 3 is 1.85 bits per heavy atom. The van der Waals surface area contributed by atoms with Crippen molar-refractivity contribution in [3.8, 4) is 78.6 Å². The van der Waals surface area contributed by atoms with Gasteiger partial charge in [0.15, 0.2) is 0 Å². The zero-order valence-electron chi connectivity index (χ0n) is 45.6. The molecule has 7 aromatic carbocycles. The number of imidazole rings is 1. The molecular formula is C66H68N3OPt-. The summed E-state index contributed by atoms with van der Waals surface area (Å²) >= 11 is 0. The van der Waals surface area contributed by atoms with Gasteiger partial charge in [-0.15, -0.1) is 23.8 Å². The second-order valence-corrected chi connectivity index (χ2v) is 22.5. The number of benzene rings is 7. The van der Waals surface area contributed by atoms with Crippen LogP contribution in [0.1, 0.15) is 132 Å². The van der Waals surface area contributed by atoms with Crippen LogP contribution in [0.5, 0.6) is 5.75 Å². The number of phenols is 1. The normalized spacial score (nSPS) is 12.9. The number of pyridine rings is 1. The van der Waals surface area contributed by atoms with Gasteiger partial charge in [-0.1, -0.05) is 216 Å². The number of nitrogens with zero attached hydrogens (tertiary/aromatic N) is 3. The van der Waals surface area contributed by atoms with Crippen LogP contribution in [-0.4, -0.2) is 19.6 Å². The Kier molecular flexibility index (Phi) is 13.4. The van der Waals surface area contributed by atoms with E-state index < -0.39 is 11.8 Å². The van der Waals surface area contributed by atoms with Crippen LogP contribution >= 0.6 is 0 Å². The first-order chi connectivity index (χ1) is 33.8. The molecule has 9 rings (SSSR count). The van der Waals surface area contributed by atoms with Crippen LogP contribution in [0.4, 0.5) is 0 Å². The number of hydrogen-bond donors (Lipinski definition) is 1. The van der Waals surface area contributed by atoms with Gasteiger partial charge in [0.1, 0.15) is 11.6 Å². The summed E-state index contributed by atoms with van der Waals surface area (Å²) in [4.78, 5) is 10.6. The van der Waals surface area contributed by atoms with Gasteiger partial charge < -0.3 is 5.11 Å². The van der Waals surface area contributed by atoms with E-state index >= 15 is 0 Å². The Balaban J connectivity index is 0.00000711. The van der Waals surface area contributed by atoms with Crippen molar-refractivity contribution >= 4 is 11.0 Å². The summed E-state index contributed by atoms with van der Waals surface area (Å²) in [5, 5.41) is 12.6. The molecule has 0 unspecified atom stereocenters. The molecule has 2 heterocycles. The molecule has 71 heavy (non-hydrogen) atoms. The van der Waals surface area contributed by atoms with E-state index in [9.17, 15) is 6.48 Å². The van der Waals surface area contributed by atoms with Crippen LogP contribution in [0.15, 0.2) is 158 Å². The smallest absolute Gasteiger partial charge is 0.148 e. The van der Waals surface area contributed by atoms with Gasteiger partial charge in [-0.3, -0.25) is 9.55 Å². The molecule has 364 valence electrons. The van der Waals surface area contributed by atoms with E-state index in [2.05, 4.69) is 200 Å². The average molecular weight is 1120 g/mol. The third-order valence-electron chi connectivity index (χ3n) is 13.6. The van der Waals surface area contributed by atoms with Crippen LogP contribution in [-0.2, 0) is 37.3 Å². The van der Waals surface area contributed by atoms with Crippen molar-refractivity contribution in [1.29, 1.82) is 0 Å². The van der Waals surface area contributed by atoms with Crippen molar-refractivity contribution in [2.45, 2.75) is 118 Å². The van der Waals surface area contributed by atoms with Gasteiger partial charge in [0.25, 0.3) is 0 Å². The summed E-state index contributed by atoms with van der Waals surface area (Å²) in [7, 11) is 0. The van der Waals surface area contributed by atoms with Crippen molar-refractivity contribution < 1.29 is 28.9 Å². The Labute approximate surface area is 440 Å². The van der Waals surface area contributed by atoms with Gasteiger partial charge >= 0.3 is 0 Å². The fourth-order valence-corrected chi connectivity index (χ4v) is 9.66. The number of phenolic OH excluding ortho intramolecular Hbond substituents is 1. The number of aromatic nitrogens is 3. The maximum Gasteiger partial charge on any atom is 0.148 e. The van der Waals surface area contributed by atoms with Crippen molar-refractivity contribution in [2.75, 3.05) is 0 Å². The van der Waals surface area contributed by atoms with Crippen molar-refractivity contribution in [3.63, 3.8) is 0 Å². The molecule has 0 saturated heterocycles. The van der Waals surface area contributed by atoms with Gasteiger partial charge in [0.05, 0.1) is 16.6 Å². The van der Waals surface area contributed by atoms with Crippen LogP contribution in [0, 0.1) is 6.07 Å². The molecule has 0 spiro atoms. The second-order valence-electron chi connectivity index (χ2n) is 22.5. The minimum Gasteiger partial charge on any atom is -0.507 e. The quantitative estimate of drug-likeness (QED) is 0.147. The van der Waals surface area contributed by atoms with Gasteiger partial charge in [-0.25, -0.2) is 4.98 Å². The molecule has 9 aromatic rings. The predicted molar refractivity (Wildman–Crippen MR) is 296 cm³/mol. The Bertz CT molecular complexity index is 3480. The summed E-state index contributed by atoms with van der Waals surface area (Å²) in [6.45, 7) is 27.5. The molecule has 0 radical (unpaired) electrons. The van der Waals surface area contributed by atoms with E-state index in [1.54, 1.807) is 0 Å². The molecule has 0 aliphatic heterocycles. The first-order valence-corrected chi connectivity index (χ1v) is 24.6. The van der Waals surface area contributed by atoms with E-state index in [1.165, 1.54) is 5.56 Å². The van der Waals surface area contributed by atoms with E-state index in [0.29, 0.717) is 11.4 Å². The van der Waals surface area contributed by atoms with Crippen molar-refractivity contribution in [1.82, 2.24) is 14.5 Å². The van der Waals surface area contributed by atoms with Gasteiger partial charge in [0.2, 0.25) is 0 Å². The summed E-state index contributed by atoms with van der Waals surface area (Å²) in [5.41, 5.74) is 17.1. The fraction of sp³-hybridized carbons (Fsp3) is 0.273. The maximum atomic E-state index is 12.6. The largest absolute Gasteiger partial charge is 0.507 e. The molecule has 0 amide bonds. The van der Waals surface area contributed by atoms with Gasteiger partial charge in [-0.2, -0.15) is 0 Å². The molecule has 2 aromatic heterocycles. The van der Waals surface area contributed by atoms with Crippen LogP contribution in [0.25, 0.3) is 83.9 Å². The average Bonchev–Trinajstić information content (AvgIpc) is 3.72. The molecule has 0 saturated carbocycles. The number of fused-ring (bicyclic) bond motifs is 1.